The topological polar surface area (TPSA) is 21.7 Å². The number of fused-ring (bicyclic) bond motifs is 18. The Balaban J connectivity index is 1.13. The first-order valence-corrected chi connectivity index (χ1v) is 22.4. The van der Waals surface area contributed by atoms with Gasteiger partial charge in [-0.15, -0.1) is 0 Å². The zero-order valence-corrected chi connectivity index (χ0v) is 35.3. The molecule has 4 aliphatic rings. The highest BCUT2D eigenvalue weighted by atomic mass is 16.5. The van der Waals surface area contributed by atoms with Crippen LogP contribution in [0, 0.1) is 0 Å². The van der Waals surface area contributed by atoms with Gasteiger partial charge in [-0.1, -0.05) is 188 Å². The van der Waals surface area contributed by atoms with Crippen molar-refractivity contribution in [3.8, 4) is 56.4 Å². The minimum Gasteiger partial charge on any atom is -0.457 e. The monoisotopic (exact) mass is 829 g/mol. The summed E-state index contributed by atoms with van der Waals surface area (Å²) < 4.78 is 13.6. The van der Waals surface area contributed by atoms with E-state index in [1.165, 1.54) is 50.1 Å². The first-order chi connectivity index (χ1) is 32.3. The molecule has 2 aliphatic carbocycles. The van der Waals surface area contributed by atoms with Crippen molar-refractivity contribution in [2.24, 2.45) is 0 Å². The highest BCUT2D eigenvalue weighted by Gasteiger charge is 2.55. The van der Waals surface area contributed by atoms with Crippen molar-refractivity contribution in [1.29, 1.82) is 0 Å². The van der Waals surface area contributed by atoms with E-state index in [0.717, 1.165) is 67.9 Å². The van der Waals surface area contributed by atoms with E-state index in [1.54, 1.807) is 0 Å². The molecule has 0 amide bonds. The van der Waals surface area contributed by atoms with E-state index in [9.17, 15) is 0 Å². The van der Waals surface area contributed by atoms with E-state index in [-0.39, 0.29) is 0 Å². The number of ether oxygens (including phenoxy) is 2. The van der Waals surface area contributed by atoms with Gasteiger partial charge in [0.1, 0.15) is 23.0 Å². The Morgan fingerprint density at radius 2 is 0.723 bits per heavy atom. The van der Waals surface area contributed by atoms with Crippen LogP contribution in [0.15, 0.2) is 237 Å². The summed E-state index contributed by atoms with van der Waals surface area (Å²) in [5, 5.41) is 0. The van der Waals surface area contributed by atoms with Crippen molar-refractivity contribution >= 4 is 17.1 Å². The van der Waals surface area contributed by atoms with Gasteiger partial charge < -0.3 is 14.4 Å². The lowest BCUT2D eigenvalue weighted by molar-refractivity contribution is 0.436. The molecule has 0 atom stereocenters. The Morgan fingerprint density at radius 1 is 0.292 bits per heavy atom. The fraction of sp³-hybridized carbons (Fsp3) is 0.0323. The molecule has 65 heavy (non-hydrogen) atoms. The Morgan fingerprint density at radius 3 is 1.35 bits per heavy atom. The molecular weight excluding hydrogens is 791 g/mol. The average molecular weight is 830 g/mol. The SMILES string of the molecule is c1ccc(-c2cccc(N(c3cccc4c3-c3ccccc3C43c4ccccc4Oc4ccccc43)c3cccc4c3C3(c5ccccc5Oc5ccccc53)c3ccccc3-4)c2)cc1. The van der Waals surface area contributed by atoms with Crippen LogP contribution in [0.1, 0.15) is 44.5 Å². The zero-order chi connectivity index (χ0) is 42.7. The molecule has 2 aliphatic heterocycles. The molecule has 3 heteroatoms. The molecule has 0 fully saturated rings. The fourth-order valence-electron chi connectivity index (χ4n) is 12.0. The third kappa shape index (κ3) is 4.74. The summed E-state index contributed by atoms with van der Waals surface area (Å²) in [5.74, 6) is 3.50. The molecule has 0 bridgehead atoms. The summed E-state index contributed by atoms with van der Waals surface area (Å²) >= 11 is 0. The Bertz CT molecular complexity index is 3500. The van der Waals surface area contributed by atoms with Crippen molar-refractivity contribution in [1.82, 2.24) is 0 Å². The maximum absolute atomic E-state index is 6.83. The number of rotatable bonds is 4. The molecule has 10 aromatic rings. The second-order valence-electron chi connectivity index (χ2n) is 17.4. The number of nitrogens with zero attached hydrogens (tertiary/aromatic N) is 1. The smallest absolute Gasteiger partial charge is 0.132 e. The maximum atomic E-state index is 6.83. The minimum absolute atomic E-state index is 0.625. The lowest BCUT2D eigenvalue weighted by Crippen LogP contribution is -2.33. The van der Waals surface area contributed by atoms with E-state index >= 15 is 0 Å². The lowest BCUT2D eigenvalue weighted by Gasteiger charge is -2.42. The van der Waals surface area contributed by atoms with Gasteiger partial charge in [-0.25, -0.2) is 0 Å². The molecule has 10 aromatic carbocycles. The molecule has 14 rings (SSSR count). The largest absolute Gasteiger partial charge is 0.457 e. The highest BCUT2D eigenvalue weighted by molar-refractivity contribution is 6.02. The number of benzene rings is 10. The Labute approximate surface area is 378 Å². The standard InChI is InChI=1S/C62H39NO2/c1-2-19-40(20-3-1)41-21-16-22-42(39-41)63(53-33-18-32-52-59(53)45-24-5-7-27-47(45)61(52)48-28-8-12-35-55(48)64-56-36-13-9-29-49(56)61)54-34-17-25-44-43-23-4-6-26-46(43)62(60(44)54)50-30-10-14-37-57(50)65-58-38-15-11-31-51(58)62/h1-39H. The molecule has 2 heterocycles. The maximum Gasteiger partial charge on any atom is 0.132 e. The summed E-state index contributed by atoms with van der Waals surface area (Å²) in [6.07, 6.45) is 0. The van der Waals surface area contributed by atoms with Crippen molar-refractivity contribution in [3.63, 3.8) is 0 Å². The predicted octanol–water partition coefficient (Wildman–Crippen LogP) is 15.8. The average Bonchev–Trinajstić information content (AvgIpc) is 3.84. The molecule has 0 unspecified atom stereocenters. The van der Waals surface area contributed by atoms with E-state index in [4.69, 9.17) is 9.47 Å². The van der Waals surface area contributed by atoms with Crippen LogP contribution in [-0.2, 0) is 10.8 Å². The minimum atomic E-state index is -0.696. The second kappa shape index (κ2) is 13.6. The zero-order valence-electron chi connectivity index (χ0n) is 35.3. The van der Waals surface area contributed by atoms with Gasteiger partial charge in [-0.2, -0.15) is 0 Å². The molecule has 0 saturated carbocycles. The highest BCUT2D eigenvalue weighted by Crippen LogP contribution is 2.67. The molecule has 0 aromatic heterocycles. The van der Waals surface area contributed by atoms with E-state index < -0.39 is 10.8 Å². The summed E-state index contributed by atoms with van der Waals surface area (Å²) in [5.41, 5.74) is 18.6. The summed E-state index contributed by atoms with van der Waals surface area (Å²) in [7, 11) is 0. The lowest BCUT2D eigenvalue weighted by atomic mass is 9.65. The van der Waals surface area contributed by atoms with Crippen LogP contribution >= 0.6 is 0 Å². The molecule has 3 nitrogen and oxygen atoms in total. The third-order valence-electron chi connectivity index (χ3n) is 14.4. The van der Waals surface area contributed by atoms with Crippen LogP contribution in [0.2, 0.25) is 0 Å². The summed E-state index contributed by atoms with van der Waals surface area (Å²) in [6.45, 7) is 0. The van der Waals surface area contributed by atoms with Crippen LogP contribution < -0.4 is 14.4 Å². The van der Waals surface area contributed by atoms with Crippen molar-refractivity contribution in [3.05, 3.63) is 281 Å². The van der Waals surface area contributed by atoms with Crippen LogP contribution in [-0.4, -0.2) is 0 Å². The van der Waals surface area contributed by atoms with Gasteiger partial charge in [-0.05, 0) is 93.0 Å². The van der Waals surface area contributed by atoms with Crippen LogP contribution in [0.5, 0.6) is 23.0 Å². The van der Waals surface area contributed by atoms with Gasteiger partial charge >= 0.3 is 0 Å². The quantitative estimate of drug-likeness (QED) is 0.176. The van der Waals surface area contributed by atoms with Gasteiger partial charge in [0.15, 0.2) is 0 Å². The third-order valence-corrected chi connectivity index (χ3v) is 14.4. The van der Waals surface area contributed by atoms with Crippen LogP contribution in [0.3, 0.4) is 0 Å². The van der Waals surface area contributed by atoms with Crippen LogP contribution in [0.4, 0.5) is 17.1 Å². The number of hydrogen-bond donors (Lipinski definition) is 0. The van der Waals surface area contributed by atoms with E-state index in [1.807, 2.05) is 0 Å². The number of anilines is 3. The van der Waals surface area contributed by atoms with E-state index in [2.05, 4.69) is 241 Å². The first kappa shape index (κ1) is 36.1. The van der Waals surface area contributed by atoms with Gasteiger partial charge in [0.2, 0.25) is 0 Å². The van der Waals surface area contributed by atoms with Crippen molar-refractivity contribution in [2.45, 2.75) is 10.8 Å². The van der Waals surface area contributed by atoms with E-state index in [0.29, 0.717) is 0 Å². The van der Waals surface area contributed by atoms with Gasteiger partial charge in [0.05, 0.1) is 22.2 Å². The molecular formula is C62H39NO2. The number of para-hydroxylation sites is 4. The predicted molar refractivity (Wildman–Crippen MR) is 261 cm³/mol. The second-order valence-corrected chi connectivity index (χ2v) is 17.4. The molecule has 304 valence electrons. The number of hydrogen-bond acceptors (Lipinski definition) is 3. The van der Waals surface area contributed by atoms with Crippen LogP contribution in [0.25, 0.3) is 33.4 Å². The molecule has 0 radical (unpaired) electrons. The normalized spacial score (nSPS) is 14.3. The molecule has 2 spiro atoms. The first-order valence-electron chi connectivity index (χ1n) is 22.4. The summed E-state index contributed by atoms with van der Waals surface area (Å²) in [6, 6.07) is 86.2. The van der Waals surface area contributed by atoms with Gasteiger partial charge in [0, 0.05) is 39.1 Å². The fourth-order valence-corrected chi connectivity index (χ4v) is 12.0. The molecule has 0 saturated heterocycles. The summed E-state index contributed by atoms with van der Waals surface area (Å²) in [4.78, 5) is 2.56. The Hall–Kier alpha value is -8.40. The van der Waals surface area contributed by atoms with Gasteiger partial charge in [0.25, 0.3) is 0 Å². The van der Waals surface area contributed by atoms with Crippen molar-refractivity contribution < 1.29 is 9.47 Å². The Kier molecular flexibility index (Phi) is 7.53. The van der Waals surface area contributed by atoms with Gasteiger partial charge in [-0.3, -0.25) is 0 Å². The molecule has 0 N–H and O–H groups in total. The van der Waals surface area contributed by atoms with Crippen molar-refractivity contribution in [2.75, 3.05) is 4.90 Å².